The number of methoxy groups -OCH3 is 1. The minimum Gasteiger partial charge on any atom is -0.423 e. The first-order valence-electron chi connectivity index (χ1n) is 5.33. The molecule has 0 aliphatic carbocycles. The summed E-state index contributed by atoms with van der Waals surface area (Å²) >= 11 is 5.85. The smallest absolute Gasteiger partial charge is 0.341 e. The lowest BCUT2D eigenvalue weighted by Gasteiger charge is -2.11. The molecule has 96 valence electrons. The highest BCUT2D eigenvalue weighted by molar-refractivity contribution is 6.17. The van der Waals surface area contributed by atoms with Crippen molar-refractivity contribution in [2.45, 2.75) is 5.88 Å². The minimum atomic E-state index is -0.524. The van der Waals surface area contributed by atoms with E-state index in [0.29, 0.717) is 5.75 Å². The molecule has 4 heteroatoms. The molecule has 0 bridgehead atoms. The lowest BCUT2D eigenvalue weighted by Crippen LogP contribution is -2.14. The largest absolute Gasteiger partial charge is 0.423 e. The summed E-state index contributed by atoms with van der Waals surface area (Å²) in [7, 11) is 1.49. The summed E-state index contributed by atoms with van der Waals surface area (Å²) in [5.41, 5.74) is 1.82. The van der Waals surface area contributed by atoms with Crippen LogP contribution in [0.4, 0.5) is 0 Å². The summed E-state index contributed by atoms with van der Waals surface area (Å²) in [4.78, 5) is 11.7. The maximum atomic E-state index is 11.7. The molecule has 0 spiro atoms. The van der Waals surface area contributed by atoms with Crippen molar-refractivity contribution in [2.24, 2.45) is 0 Å². The van der Waals surface area contributed by atoms with Gasteiger partial charge in [0.25, 0.3) is 0 Å². The predicted octanol–water partition coefficient (Wildman–Crippen LogP) is 3.18. The third-order valence-corrected chi connectivity index (χ3v) is 2.60. The number of rotatable bonds is 6. The van der Waals surface area contributed by atoms with Gasteiger partial charge >= 0.3 is 5.97 Å². The minimum absolute atomic E-state index is 0.135. The van der Waals surface area contributed by atoms with Gasteiger partial charge in [-0.05, 0) is 11.6 Å². The van der Waals surface area contributed by atoms with Gasteiger partial charge < -0.3 is 9.47 Å². The monoisotopic (exact) mass is 266 g/mol. The number of esters is 1. The van der Waals surface area contributed by atoms with E-state index in [0.717, 1.165) is 11.1 Å². The van der Waals surface area contributed by atoms with Crippen LogP contribution in [0, 0.1) is 0 Å². The number of halogens is 1. The van der Waals surface area contributed by atoms with Crippen LogP contribution in [0.15, 0.2) is 36.9 Å². The Hall–Kier alpha value is -1.58. The second-order valence-electron chi connectivity index (χ2n) is 3.59. The highest BCUT2D eigenvalue weighted by Crippen LogP contribution is 2.25. The zero-order valence-electron chi connectivity index (χ0n) is 10.2. The van der Waals surface area contributed by atoms with Crippen LogP contribution in [0.1, 0.15) is 11.1 Å². The number of hydrogen-bond donors (Lipinski definition) is 0. The van der Waals surface area contributed by atoms with Crippen molar-refractivity contribution >= 4 is 23.6 Å². The fourth-order valence-corrected chi connectivity index (χ4v) is 1.70. The number of ether oxygens (including phenoxy) is 2. The number of hydrogen-bond acceptors (Lipinski definition) is 3. The third kappa shape index (κ3) is 3.45. The molecule has 0 aliphatic rings. The standard InChI is InChI=1S/C14H15ClO3/c1-4-11-6-5-7-13(12(11)8-15)18-14(16)10(2)9-17-3/h4-7H,1-2,8-9H2,3H3. The zero-order chi connectivity index (χ0) is 13.5. The van der Waals surface area contributed by atoms with Crippen LogP contribution in [0.3, 0.4) is 0 Å². The third-order valence-electron chi connectivity index (χ3n) is 2.33. The van der Waals surface area contributed by atoms with Crippen molar-refractivity contribution in [1.29, 1.82) is 0 Å². The van der Waals surface area contributed by atoms with Gasteiger partial charge in [-0.25, -0.2) is 4.79 Å². The Bertz CT molecular complexity index is 466. The van der Waals surface area contributed by atoms with E-state index >= 15 is 0 Å². The molecule has 0 heterocycles. The van der Waals surface area contributed by atoms with E-state index in [1.807, 2.05) is 6.07 Å². The van der Waals surface area contributed by atoms with Gasteiger partial charge in [0, 0.05) is 12.7 Å². The quantitative estimate of drug-likeness (QED) is 0.343. The average molecular weight is 267 g/mol. The van der Waals surface area contributed by atoms with E-state index in [1.54, 1.807) is 18.2 Å². The highest BCUT2D eigenvalue weighted by atomic mass is 35.5. The molecule has 18 heavy (non-hydrogen) atoms. The van der Waals surface area contributed by atoms with Crippen LogP contribution >= 0.6 is 11.6 Å². The average Bonchev–Trinajstić information content (AvgIpc) is 2.38. The first-order chi connectivity index (χ1) is 8.63. The molecular weight excluding hydrogens is 252 g/mol. The van der Waals surface area contributed by atoms with Gasteiger partial charge in [0.15, 0.2) is 0 Å². The molecule has 1 aromatic rings. The van der Waals surface area contributed by atoms with Gasteiger partial charge in [0.2, 0.25) is 0 Å². The molecule has 0 aliphatic heterocycles. The fraction of sp³-hybridized carbons (Fsp3) is 0.214. The highest BCUT2D eigenvalue weighted by Gasteiger charge is 2.13. The Morgan fingerprint density at radius 1 is 1.50 bits per heavy atom. The van der Waals surface area contributed by atoms with E-state index in [4.69, 9.17) is 21.1 Å². The molecule has 0 N–H and O–H groups in total. The number of benzene rings is 1. The number of alkyl halides is 1. The lowest BCUT2D eigenvalue weighted by atomic mass is 10.1. The predicted molar refractivity (Wildman–Crippen MR) is 72.7 cm³/mol. The van der Waals surface area contributed by atoms with Gasteiger partial charge in [-0.15, -0.1) is 11.6 Å². The van der Waals surface area contributed by atoms with Crippen LogP contribution in [0.2, 0.25) is 0 Å². The molecule has 1 aromatic carbocycles. The Morgan fingerprint density at radius 3 is 2.78 bits per heavy atom. The number of carbonyl (C=O) groups is 1. The van der Waals surface area contributed by atoms with Crippen molar-refractivity contribution < 1.29 is 14.3 Å². The molecule has 1 rings (SSSR count). The summed E-state index contributed by atoms with van der Waals surface area (Å²) < 4.78 is 10.1. The van der Waals surface area contributed by atoms with Crippen LogP contribution in [-0.4, -0.2) is 19.7 Å². The summed E-state index contributed by atoms with van der Waals surface area (Å²) in [5.74, 6) is 0.135. The molecular formula is C14H15ClO3. The van der Waals surface area contributed by atoms with E-state index in [2.05, 4.69) is 13.2 Å². The van der Waals surface area contributed by atoms with Crippen molar-refractivity contribution in [3.05, 3.63) is 48.1 Å². The molecule has 0 unspecified atom stereocenters. The van der Waals surface area contributed by atoms with Crippen LogP contribution in [-0.2, 0) is 15.4 Å². The molecule has 0 saturated heterocycles. The maximum absolute atomic E-state index is 11.7. The van der Waals surface area contributed by atoms with Gasteiger partial charge in [0.05, 0.1) is 18.1 Å². The van der Waals surface area contributed by atoms with E-state index < -0.39 is 5.97 Å². The van der Waals surface area contributed by atoms with E-state index in [1.165, 1.54) is 7.11 Å². The Kier molecular flexibility index (Phi) is 5.62. The molecule has 0 amide bonds. The lowest BCUT2D eigenvalue weighted by molar-refractivity contribution is -0.130. The summed E-state index contributed by atoms with van der Waals surface area (Å²) in [6, 6.07) is 5.31. The Morgan fingerprint density at radius 2 is 2.22 bits per heavy atom. The van der Waals surface area contributed by atoms with Crippen LogP contribution in [0.5, 0.6) is 5.75 Å². The van der Waals surface area contributed by atoms with Gasteiger partial charge in [-0.2, -0.15) is 0 Å². The van der Waals surface area contributed by atoms with Crippen molar-refractivity contribution in [3.63, 3.8) is 0 Å². The molecule has 0 radical (unpaired) electrons. The molecule has 0 saturated carbocycles. The fourth-order valence-electron chi connectivity index (χ4n) is 1.42. The SMILES string of the molecule is C=Cc1cccc(OC(=O)C(=C)COC)c1CCl. The molecule has 3 nitrogen and oxygen atoms in total. The van der Waals surface area contributed by atoms with E-state index in [-0.39, 0.29) is 18.1 Å². The normalized spacial score (nSPS) is 9.89. The van der Waals surface area contributed by atoms with Crippen molar-refractivity contribution in [3.8, 4) is 5.75 Å². The molecule has 0 atom stereocenters. The van der Waals surface area contributed by atoms with Crippen LogP contribution < -0.4 is 4.74 Å². The van der Waals surface area contributed by atoms with Crippen LogP contribution in [0.25, 0.3) is 6.08 Å². The molecule has 0 fully saturated rings. The molecule has 0 aromatic heterocycles. The summed E-state index contributed by atoms with van der Waals surface area (Å²) in [6.45, 7) is 7.41. The van der Waals surface area contributed by atoms with E-state index in [9.17, 15) is 4.79 Å². The van der Waals surface area contributed by atoms with Gasteiger partial charge in [-0.3, -0.25) is 0 Å². The first-order valence-corrected chi connectivity index (χ1v) is 5.86. The number of carbonyl (C=O) groups excluding carboxylic acids is 1. The first kappa shape index (κ1) is 14.5. The summed E-state index contributed by atoms with van der Waals surface area (Å²) in [6.07, 6.45) is 1.67. The van der Waals surface area contributed by atoms with Gasteiger partial charge in [-0.1, -0.05) is 31.4 Å². The topological polar surface area (TPSA) is 35.5 Å². The summed E-state index contributed by atoms with van der Waals surface area (Å²) in [5, 5.41) is 0. The maximum Gasteiger partial charge on any atom is 0.341 e. The zero-order valence-corrected chi connectivity index (χ0v) is 11.0. The Labute approximate surface area is 112 Å². The van der Waals surface area contributed by atoms with Gasteiger partial charge in [0.1, 0.15) is 5.75 Å². The van der Waals surface area contributed by atoms with Crippen molar-refractivity contribution in [2.75, 3.05) is 13.7 Å². The Balaban J connectivity index is 2.94. The van der Waals surface area contributed by atoms with Crippen molar-refractivity contribution in [1.82, 2.24) is 0 Å². The second kappa shape index (κ2) is 6.99. The second-order valence-corrected chi connectivity index (χ2v) is 3.86.